The first-order valence-corrected chi connectivity index (χ1v) is 12.5. The summed E-state index contributed by atoms with van der Waals surface area (Å²) >= 11 is 0. The highest BCUT2D eigenvalue weighted by Crippen LogP contribution is 2.27. The van der Waals surface area contributed by atoms with Crippen LogP contribution in [0.15, 0.2) is 42.3 Å². The van der Waals surface area contributed by atoms with Gasteiger partial charge in [0.25, 0.3) is 0 Å². The van der Waals surface area contributed by atoms with Gasteiger partial charge < -0.3 is 31.5 Å². The second-order valence-electron chi connectivity index (χ2n) is 9.64. The molecule has 2 aliphatic rings. The van der Waals surface area contributed by atoms with Crippen molar-refractivity contribution in [2.45, 2.75) is 63.1 Å². The van der Waals surface area contributed by atoms with Gasteiger partial charge in [0.2, 0.25) is 0 Å². The fourth-order valence-corrected chi connectivity index (χ4v) is 4.62. The van der Waals surface area contributed by atoms with E-state index in [9.17, 15) is 9.50 Å². The molecule has 4 rings (SSSR count). The molecule has 9 heteroatoms. The Morgan fingerprint density at radius 2 is 1.94 bits per heavy atom. The molecule has 2 aromatic heterocycles. The van der Waals surface area contributed by atoms with E-state index in [4.69, 9.17) is 10.5 Å². The number of nitrogens with one attached hydrogen (secondary N) is 3. The summed E-state index contributed by atoms with van der Waals surface area (Å²) in [5.41, 5.74) is 7.11. The number of rotatable bonds is 9. The topological polar surface area (TPSA) is 117 Å². The normalized spacial score (nSPS) is 22.5. The first-order chi connectivity index (χ1) is 16.9. The van der Waals surface area contributed by atoms with Gasteiger partial charge in [0.15, 0.2) is 5.82 Å². The quantitative estimate of drug-likeness (QED) is 0.339. The number of nitrogens with two attached hydrogens (primary N) is 1. The SMILES string of the molecule is C/C=C(\O)CNC1CCC(Nc2cc(-c3cccc(NCC4(N)CCOCC4)n3)c(F)cn2)CC1. The van der Waals surface area contributed by atoms with Crippen molar-refractivity contribution in [2.24, 2.45) is 5.73 Å². The number of allylic oxidation sites excluding steroid dienone is 1. The lowest BCUT2D eigenvalue weighted by Crippen LogP contribution is -2.50. The fraction of sp³-hybridized carbons (Fsp3) is 0.538. The number of hydrogen-bond donors (Lipinski definition) is 5. The van der Waals surface area contributed by atoms with Crippen LogP contribution in [0.25, 0.3) is 11.3 Å². The molecule has 0 radical (unpaired) electrons. The third-order valence-corrected chi connectivity index (χ3v) is 6.97. The van der Waals surface area contributed by atoms with Gasteiger partial charge in [-0.2, -0.15) is 0 Å². The summed E-state index contributed by atoms with van der Waals surface area (Å²) in [7, 11) is 0. The number of pyridine rings is 2. The molecule has 6 N–H and O–H groups in total. The van der Waals surface area contributed by atoms with E-state index in [1.807, 2.05) is 19.1 Å². The van der Waals surface area contributed by atoms with Crippen molar-refractivity contribution in [1.29, 1.82) is 0 Å². The second-order valence-corrected chi connectivity index (χ2v) is 9.64. The summed E-state index contributed by atoms with van der Waals surface area (Å²) in [4.78, 5) is 8.90. The smallest absolute Gasteiger partial charge is 0.151 e. The maximum atomic E-state index is 14.7. The van der Waals surface area contributed by atoms with Crippen LogP contribution in [0.3, 0.4) is 0 Å². The van der Waals surface area contributed by atoms with Gasteiger partial charge in [-0.25, -0.2) is 14.4 Å². The molecule has 35 heavy (non-hydrogen) atoms. The third-order valence-electron chi connectivity index (χ3n) is 6.97. The van der Waals surface area contributed by atoms with Gasteiger partial charge in [-0.05, 0) is 69.7 Å². The Morgan fingerprint density at radius 1 is 1.20 bits per heavy atom. The van der Waals surface area contributed by atoms with E-state index in [0.29, 0.717) is 61.0 Å². The highest BCUT2D eigenvalue weighted by molar-refractivity contribution is 5.65. The van der Waals surface area contributed by atoms with E-state index < -0.39 is 5.82 Å². The molecule has 8 nitrogen and oxygen atoms in total. The first kappa shape index (κ1) is 25.3. The molecule has 0 amide bonds. The molecule has 3 heterocycles. The molecular formula is C26H37FN6O2. The van der Waals surface area contributed by atoms with Crippen LogP contribution >= 0.6 is 0 Å². The van der Waals surface area contributed by atoms with Crippen LogP contribution in [-0.4, -0.2) is 59.0 Å². The van der Waals surface area contributed by atoms with Crippen molar-refractivity contribution in [3.8, 4) is 11.3 Å². The first-order valence-electron chi connectivity index (χ1n) is 12.5. The zero-order valence-corrected chi connectivity index (χ0v) is 20.4. The summed E-state index contributed by atoms with van der Waals surface area (Å²) in [6.45, 7) is 4.25. The lowest BCUT2D eigenvalue weighted by molar-refractivity contribution is 0.0574. The number of aliphatic hydroxyl groups excluding tert-OH is 1. The van der Waals surface area contributed by atoms with Crippen LogP contribution in [0.2, 0.25) is 0 Å². The maximum absolute atomic E-state index is 14.7. The van der Waals surface area contributed by atoms with Crippen molar-refractivity contribution < 1.29 is 14.2 Å². The van der Waals surface area contributed by atoms with Crippen molar-refractivity contribution in [1.82, 2.24) is 15.3 Å². The molecule has 2 fully saturated rings. The van der Waals surface area contributed by atoms with Crippen LogP contribution < -0.4 is 21.7 Å². The van der Waals surface area contributed by atoms with Crippen molar-refractivity contribution in [2.75, 3.05) is 36.9 Å². The number of anilines is 2. The number of aromatic nitrogens is 2. The average molecular weight is 485 g/mol. The van der Waals surface area contributed by atoms with Gasteiger partial charge in [-0.3, -0.25) is 0 Å². The van der Waals surface area contributed by atoms with E-state index in [0.717, 1.165) is 38.5 Å². The standard InChI is InChI=1S/C26H37FN6O2/c1-2-20(34)15-29-18-6-8-19(9-7-18)32-25-14-21(22(27)16-30-25)23-4-3-5-24(33-23)31-17-26(28)10-12-35-13-11-26/h2-5,14,16,18-19,29,34H,6-13,15,17,28H2,1H3,(H,30,32)(H,31,33)/b20-2-. The molecule has 2 aromatic rings. The van der Waals surface area contributed by atoms with E-state index in [2.05, 4.69) is 25.9 Å². The minimum atomic E-state index is -0.406. The van der Waals surface area contributed by atoms with Crippen molar-refractivity contribution >= 4 is 11.6 Å². The molecule has 0 spiro atoms. The molecule has 1 saturated carbocycles. The van der Waals surface area contributed by atoms with Crippen molar-refractivity contribution in [3.63, 3.8) is 0 Å². The van der Waals surface area contributed by atoms with Gasteiger partial charge in [-0.1, -0.05) is 6.07 Å². The van der Waals surface area contributed by atoms with Crippen molar-refractivity contribution in [3.05, 3.63) is 48.1 Å². The van der Waals surface area contributed by atoms with E-state index in [1.165, 1.54) is 6.20 Å². The Hall–Kier alpha value is -2.75. The summed E-state index contributed by atoms with van der Waals surface area (Å²) in [5.74, 6) is 1.27. The molecule has 1 aliphatic heterocycles. The predicted octanol–water partition coefficient (Wildman–Crippen LogP) is 3.98. The van der Waals surface area contributed by atoms with Gasteiger partial charge in [-0.15, -0.1) is 0 Å². The van der Waals surface area contributed by atoms with Crippen LogP contribution in [0.4, 0.5) is 16.0 Å². The Balaban J connectivity index is 1.36. The average Bonchev–Trinajstić information content (AvgIpc) is 2.88. The van der Waals surface area contributed by atoms with Gasteiger partial charge >= 0.3 is 0 Å². The van der Waals surface area contributed by atoms with E-state index in [-0.39, 0.29) is 11.6 Å². The second kappa shape index (κ2) is 11.8. The summed E-state index contributed by atoms with van der Waals surface area (Å²) in [6, 6.07) is 7.93. The Bertz CT molecular complexity index is 1000. The van der Waals surface area contributed by atoms with Gasteiger partial charge in [0.05, 0.1) is 18.4 Å². The van der Waals surface area contributed by atoms with Gasteiger partial charge in [0.1, 0.15) is 17.4 Å². The Labute approximate surface area is 206 Å². The summed E-state index contributed by atoms with van der Waals surface area (Å²) in [5, 5.41) is 19.8. The zero-order chi connectivity index (χ0) is 24.7. The van der Waals surface area contributed by atoms with Crippen LogP contribution in [0.1, 0.15) is 45.4 Å². The largest absolute Gasteiger partial charge is 0.511 e. The summed E-state index contributed by atoms with van der Waals surface area (Å²) < 4.78 is 20.1. The molecule has 0 unspecified atom stereocenters. The maximum Gasteiger partial charge on any atom is 0.151 e. The van der Waals surface area contributed by atoms with Crippen LogP contribution in [0, 0.1) is 5.82 Å². The van der Waals surface area contributed by atoms with Gasteiger partial charge in [0, 0.05) is 42.9 Å². The molecule has 0 aromatic carbocycles. The van der Waals surface area contributed by atoms with E-state index in [1.54, 1.807) is 18.2 Å². The number of halogens is 1. The number of ether oxygens (including phenoxy) is 1. The van der Waals surface area contributed by atoms with Crippen LogP contribution in [-0.2, 0) is 4.74 Å². The molecule has 0 bridgehead atoms. The molecular weight excluding hydrogens is 447 g/mol. The minimum Gasteiger partial charge on any atom is -0.511 e. The highest BCUT2D eigenvalue weighted by Gasteiger charge is 2.28. The molecule has 0 atom stereocenters. The molecule has 1 saturated heterocycles. The zero-order valence-electron chi connectivity index (χ0n) is 20.4. The lowest BCUT2D eigenvalue weighted by Gasteiger charge is -2.33. The highest BCUT2D eigenvalue weighted by atomic mass is 19.1. The Morgan fingerprint density at radius 3 is 2.69 bits per heavy atom. The monoisotopic (exact) mass is 484 g/mol. The number of aliphatic hydroxyl groups is 1. The number of nitrogens with zero attached hydrogens (tertiary/aromatic N) is 2. The molecule has 1 aliphatic carbocycles. The third kappa shape index (κ3) is 7.13. The minimum absolute atomic E-state index is 0.273. The fourth-order valence-electron chi connectivity index (χ4n) is 4.62. The number of hydrogen-bond acceptors (Lipinski definition) is 8. The molecule has 190 valence electrons. The lowest BCUT2D eigenvalue weighted by atomic mass is 9.91. The summed E-state index contributed by atoms with van der Waals surface area (Å²) in [6.07, 6.45) is 8.52. The van der Waals surface area contributed by atoms with Crippen LogP contribution in [0.5, 0.6) is 0 Å². The predicted molar refractivity (Wildman–Crippen MR) is 137 cm³/mol. The Kier molecular flexibility index (Phi) is 8.54. The van der Waals surface area contributed by atoms with E-state index >= 15 is 0 Å².